The summed E-state index contributed by atoms with van der Waals surface area (Å²) < 4.78 is 11.7. The van der Waals surface area contributed by atoms with Gasteiger partial charge in [0, 0.05) is 4.47 Å². The van der Waals surface area contributed by atoms with Gasteiger partial charge in [0.25, 0.3) is 17.7 Å². The Morgan fingerprint density at radius 2 is 1.83 bits per heavy atom. The molecule has 154 valence electrons. The zero-order valence-electron chi connectivity index (χ0n) is 16.0. The second-order valence-corrected chi connectivity index (χ2v) is 6.78. The first kappa shape index (κ1) is 22.2. The lowest BCUT2D eigenvalue weighted by molar-refractivity contribution is -0.132. The van der Waals surface area contributed by atoms with Crippen LogP contribution in [0.3, 0.4) is 0 Å². The highest BCUT2D eigenvalue weighted by atomic mass is 79.9. The van der Waals surface area contributed by atoms with E-state index in [9.17, 15) is 14.4 Å². The van der Waals surface area contributed by atoms with Crippen molar-refractivity contribution in [2.75, 3.05) is 13.2 Å². The van der Waals surface area contributed by atoms with Crippen LogP contribution in [0.2, 0.25) is 0 Å². The molecule has 0 saturated heterocycles. The molecule has 0 aromatic heterocycles. The van der Waals surface area contributed by atoms with E-state index in [1.165, 1.54) is 0 Å². The smallest absolute Gasteiger partial charge is 0.279 e. The van der Waals surface area contributed by atoms with Crippen LogP contribution in [0.4, 0.5) is 0 Å². The normalized spacial score (nSPS) is 11.1. The molecule has 8 nitrogen and oxygen atoms in total. The minimum Gasteiger partial charge on any atom is -0.493 e. The summed E-state index contributed by atoms with van der Waals surface area (Å²) in [5.74, 6) is -0.642. The highest BCUT2D eigenvalue weighted by Crippen LogP contribution is 2.19. The maximum Gasteiger partial charge on any atom is 0.279 e. The first-order chi connectivity index (χ1) is 13.9. The van der Waals surface area contributed by atoms with Gasteiger partial charge in [0.1, 0.15) is 11.5 Å². The highest BCUT2D eigenvalue weighted by molar-refractivity contribution is 9.10. The van der Waals surface area contributed by atoms with E-state index < -0.39 is 23.8 Å². The first-order valence-electron chi connectivity index (χ1n) is 8.91. The van der Waals surface area contributed by atoms with E-state index in [0.717, 1.165) is 4.47 Å². The molecule has 0 radical (unpaired) electrons. The van der Waals surface area contributed by atoms with Gasteiger partial charge in [-0.3, -0.25) is 25.2 Å². The zero-order chi connectivity index (χ0) is 21.2. The number of halogens is 1. The number of carbonyl (C=O) groups excluding carboxylic acids is 3. The number of benzene rings is 2. The van der Waals surface area contributed by atoms with Gasteiger partial charge in [-0.25, -0.2) is 0 Å². The van der Waals surface area contributed by atoms with E-state index in [4.69, 9.17) is 9.47 Å². The van der Waals surface area contributed by atoms with Crippen LogP contribution in [-0.2, 0) is 9.59 Å². The standard InChI is InChI=1S/C20H22BrN3O5/c1-3-28-17-10-5-4-9-16(17)20(27)22-12-18(25)23-24-19(26)13(2)29-15-8-6-7-14(21)11-15/h4-11,13H,3,12H2,1-2H3,(H,22,27)(H,23,25)(H,24,26). The molecule has 0 saturated carbocycles. The minimum absolute atomic E-state index is 0.319. The molecule has 0 heterocycles. The Labute approximate surface area is 177 Å². The fraction of sp³-hybridized carbons (Fsp3) is 0.250. The van der Waals surface area contributed by atoms with Crippen LogP contribution in [0.25, 0.3) is 0 Å². The molecule has 0 bridgehead atoms. The summed E-state index contributed by atoms with van der Waals surface area (Å²) in [6.45, 7) is 3.46. The van der Waals surface area contributed by atoms with E-state index in [1.54, 1.807) is 49.4 Å². The van der Waals surface area contributed by atoms with Crippen molar-refractivity contribution in [3.63, 3.8) is 0 Å². The van der Waals surface area contributed by atoms with Crippen molar-refractivity contribution < 1.29 is 23.9 Å². The van der Waals surface area contributed by atoms with Crippen LogP contribution in [0, 0.1) is 0 Å². The van der Waals surface area contributed by atoms with Crippen molar-refractivity contribution in [1.29, 1.82) is 0 Å². The molecule has 2 rings (SSSR count). The lowest BCUT2D eigenvalue weighted by atomic mass is 10.2. The largest absolute Gasteiger partial charge is 0.493 e. The predicted molar refractivity (Wildman–Crippen MR) is 110 cm³/mol. The Balaban J connectivity index is 1.77. The predicted octanol–water partition coefficient (Wildman–Crippen LogP) is 2.19. The number of nitrogens with one attached hydrogen (secondary N) is 3. The SMILES string of the molecule is CCOc1ccccc1C(=O)NCC(=O)NNC(=O)C(C)Oc1cccc(Br)c1. The summed E-state index contributed by atoms with van der Waals surface area (Å²) in [4.78, 5) is 36.2. The van der Waals surface area contributed by atoms with E-state index in [1.807, 2.05) is 13.0 Å². The summed E-state index contributed by atoms with van der Waals surface area (Å²) in [5, 5.41) is 2.48. The number of hydrazine groups is 1. The topological polar surface area (TPSA) is 106 Å². The monoisotopic (exact) mass is 463 g/mol. The van der Waals surface area contributed by atoms with Crippen molar-refractivity contribution >= 4 is 33.7 Å². The lowest BCUT2D eigenvalue weighted by Crippen LogP contribution is -2.50. The molecule has 0 aliphatic rings. The molecule has 1 unspecified atom stereocenters. The summed E-state index contributed by atoms with van der Waals surface area (Å²) >= 11 is 3.32. The van der Waals surface area contributed by atoms with Crippen molar-refractivity contribution in [2.24, 2.45) is 0 Å². The molecule has 9 heteroatoms. The molecule has 29 heavy (non-hydrogen) atoms. The van der Waals surface area contributed by atoms with Crippen LogP contribution < -0.4 is 25.6 Å². The second kappa shape index (κ2) is 11.1. The number of para-hydroxylation sites is 1. The second-order valence-electron chi connectivity index (χ2n) is 5.87. The number of hydrogen-bond acceptors (Lipinski definition) is 5. The maximum atomic E-state index is 12.2. The fourth-order valence-corrected chi connectivity index (χ4v) is 2.64. The number of ether oxygens (including phenoxy) is 2. The molecule has 3 amide bonds. The zero-order valence-corrected chi connectivity index (χ0v) is 17.6. The molecule has 3 N–H and O–H groups in total. The average Bonchev–Trinajstić information content (AvgIpc) is 2.70. The number of hydrogen-bond donors (Lipinski definition) is 3. The van der Waals surface area contributed by atoms with Gasteiger partial charge in [-0.15, -0.1) is 0 Å². The summed E-state index contributed by atoms with van der Waals surface area (Å²) in [7, 11) is 0. The summed E-state index contributed by atoms with van der Waals surface area (Å²) in [6, 6.07) is 13.8. The Morgan fingerprint density at radius 3 is 2.55 bits per heavy atom. The molecule has 2 aromatic carbocycles. The van der Waals surface area contributed by atoms with Crippen LogP contribution >= 0.6 is 15.9 Å². The van der Waals surface area contributed by atoms with Gasteiger partial charge < -0.3 is 14.8 Å². The Hall–Kier alpha value is -3.07. The van der Waals surface area contributed by atoms with E-state index >= 15 is 0 Å². The third kappa shape index (κ3) is 7.11. The third-order valence-corrected chi connectivity index (χ3v) is 4.14. The fourth-order valence-electron chi connectivity index (χ4n) is 2.27. The first-order valence-corrected chi connectivity index (χ1v) is 9.71. The van der Waals surface area contributed by atoms with Crippen LogP contribution in [0.5, 0.6) is 11.5 Å². The van der Waals surface area contributed by atoms with Gasteiger partial charge >= 0.3 is 0 Å². The van der Waals surface area contributed by atoms with Gasteiger partial charge in [-0.2, -0.15) is 0 Å². The summed E-state index contributed by atoms with van der Waals surface area (Å²) in [6.07, 6.45) is -0.836. The van der Waals surface area contributed by atoms with Gasteiger partial charge in [0.2, 0.25) is 0 Å². The molecule has 0 aliphatic carbocycles. The Bertz CT molecular complexity index is 875. The van der Waals surface area contributed by atoms with Gasteiger partial charge in [-0.05, 0) is 44.2 Å². The van der Waals surface area contributed by atoms with Gasteiger partial charge in [-0.1, -0.05) is 34.1 Å². The Morgan fingerprint density at radius 1 is 1.07 bits per heavy atom. The van der Waals surface area contributed by atoms with Crippen LogP contribution in [-0.4, -0.2) is 37.0 Å². The lowest BCUT2D eigenvalue weighted by Gasteiger charge is -2.15. The van der Waals surface area contributed by atoms with Crippen molar-refractivity contribution in [3.05, 3.63) is 58.6 Å². The quantitative estimate of drug-likeness (QED) is 0.520. The minimum atomic E-state index is -0.836. The molecule has 0 fully saturated rings. The van der Waals surface area contributed by atoms with Gasteiger partial charge in [0.15, 0.2) is 6.10 Å². The molecule has 1 atom stereocenters. The molecule has 0 spiro atoms. The Kier molecular flexibility index (Phi) is 8.47. The molecule has 0 aliphatic heterocycles. The number of rotatable bonds is 8. The van der Waals surface area contributed by atoms with Crippen molar-refractivity contribution in [2.45, 2.75) is 20.0 Å². The third-order valence-electron chi connectivity index (χ3n) is 3.64. The number of amides is 3. The van der Waals surface area contributed by atoms with Crippen LogP contribution in [0.15, 0.2) is 53.0 Å². The molecular weight excluding hydrogens is 442 g/mol. The highest BCUT2D eigenvalue weighted by Gasteiger charge is 2.17. The average molecular weight is 464 g/mol. The molecular formula is C20H22BrN3O5. The maximum absolute atomic E-state index is 12.2. The van der Waals surface area contributed by atoms with E-state index in [2.05, 4.69) is 32.1 Å². The van der Waals surface area contributed by atoms with E-state index in [-0.39, 0.29) is 6.54 Å². The van der Waals surface area contributed by atoms with E-state index in [0.29, 0.717) is 23.7 Å². The van der Waals surface area contributed by atoms with Crippen LogP contribution in [0.1, 0.15) is 24.2 Å². The van der Waals surface area contributed by atoms with Crippen molar-refractivity contribution in [1.82, 2.24) is 16.2 Å². The molecule has 2 aromatic rings. The summed E-state index contributed by atoms with van der Waals surface area (Å²) in [5.41, 5.74) is 4.82. The van der Waals surface area contributed by atoms with Gasteiger partial charge in [0.05, 0.1) is 18.7 Å². The van der Waals surface area contributed by atoms with Crippen molar-refractivity contribution in [3.8, 4) is 11.5 Å². The number of carbonyl (C=O) groups is 3.